The molecule has 3 nitrogen and oxygen atoms in total. The van der Waals surface area contributed by atoms with Crippen molar-refractivity contribution >= 4 is 11.6 Å². The molecule has 1 heterocycles. The van der Waals surface area contributed by atoms with E-state index in [2.05, 4.69) is 22.4 Å². The van der Waals surface area contributed by atoms with Crippen molar-refractivity contribution in [3.05, 3.63) is 52.6 Å². The number of halogens is 1. The fraction of sp³-hybridized carbons (Fsp3) is 0.357. The molecule has 0 saturated heterocycles. The lowest BCUT2D eigenvalue weighted by molar-refractivity contribution is 0.578. The summed E-state index contributed by atoms with van der Waals surface area (Å²) in [7, 11) is 3.92. The van der Waals surface area contributed by atoms with Gasteiger partial charge in [-0.2, -0.15) is 0 Å². The van der Waals surface area contributed by atoms with Crippen LogP contribution in [0.25, 0.3) is 0 Å². The molecule has 1 N–H and O–H groups in total. The lowest BCUT2D eigenvalue weighted by atomic mass is 10.0. The van der Waals surface area contributed by atoms with Crippen LogP contribution in [0.1, 0.15) is 22.9 Å². The van der Waals surface area contributed by atoms with Gasteiger partial charge in [0.05, 0.1) is 18.1 Å². The van der Waals surface area contributed by atoms with Crippen LogP contribution in [0.15, 0.2) is 30.7 Å². The van der Waals surface area contributed by atoms with Crippen molar-refractivity contribution in [3.63, 3.8) is 0 Å². The van der Waals surface area contributed by atoms with E-state index in [4.69, 9.17) is 11.6 Å². The number of hydrogen-bond donors (Lipinski definition) is 1. The third kappa shape index (κ3) is 2.92. The van der Waals surface area contributed by atoms with Gasteiger partial charge >= 0.3 is 0 Å². The Labute approximate surface area is 113 Å². The monoisotopic (exact) mass is 263 g/mol. The molecule has 0 aliphatic rings. The zero-order valence-corrected chi connectivity index (χ0v) is 11.7. The molecular formula is C14H18ClN3. The number of nitrogens with one attached hydrogen (secondary N) is 1. The summed E-state index contributed by atoms with van der Waals surface area (Å²) in [6.07, 6.45) is 4.69. The van der Waals surface area contributed by atoms with E-state index in [1.807, 2.05) is 44.2 Å². The van der Waals surface area contributed by atoms with E-state index in [9.17, 15) is 0 Å². The Bertz CT molecular complexity index is 534. The van der Waals surface area contributed by atoms with Crippen LogP contribution >= 0.6 is 11.6 Å². The number of aromatic nitrogens is 2. The molecule has 0 aliphatic carbocycles. The molecule has 0 saturated carbocycles. The zero-order chi connectivity index (χ0) is 13.1. The lowest BCUT2D eigenvalue weighted by Crippen LogP contribution is -2.19. The maximum Gasteiger partial charge on any atom is 0.0947 e. The van der Waals surface area contributed by atoms with Gasteiger partial charge in [0.1, 0.15) is 0 Å². The van der Waals surface area contributed by atoms with Crippen molar-refractivity contribution in [1.82, 2.24) is 14.9 Å². The number of benzene rings is 1. The van der Waals surface area contributed by atoms with Crippen LogP contribution in [0.3, 0.4) is 0 Å². The molecule has 1 aromatic heterocycles. The van der Waals surface area contributed by atoms with E-state index in [0.717, 1.165) is 22.7 Å². The molecule has 0 radical (unpaired) electrons. The van der Waals surface area contributed by atoms with Gasteiger partial charge in [0.15, 0.2) is 0 Å². The Kier molecular flexibility index (Phi) is 4.04. The van der Waals surface area contributed by atoms with Gasteiger partial charge in [0.2, 0.25) is 0 Å². The largest absolute Gasteiger partial charge is 0.340 e. The number of likely N-dealkylation sites (N-methyl/N-ethyl adjacent to an activating group) is 1. The second kappa shape index (κ2) is 5.55. The standard InChI is InChI=1S/C14H18ClN3/c1-10-4-5-11(12(15)6-10)7-13(16-2)14-8-18(3)9-17-14/h4-6,8-9,13,16H,7H2,1-3H3. The van der Waals surface area contributed by atoms with E-state index in [-0.39, 0.29) is 6.04 Å². The Morgan fingerprint density at radius 3 is 2.78 bits per heavy atom. The first-order valence-electron chi connectivity index (χ1n) is 6.00. The topological polar surface area (TPSA) is 29.9 Å². The molecule has 0 bridgehead atoms. The highest BCUT2D eigenvalue weighted by Gasteiger charge is 2.14. The molecule has 18 heavy (non-hydrogen) atoms. The van der Waals surface area contributed by atoms with Crippen molar-refractivity contribution in [1.29, 1.82) is 0 Å². The number of rotatable bonds is 4. The van der Waals surface area contributed by atoms with Crippen molar-refractivity contribution in [2.75, 3.05) is 7.05 Å². The van der Waals surface area contributed by atoms with Crippen LogP contribution in [0.5, 0.6) is 0 Å². The molecule has 96 valence electrons. The van der Waals surface area contributed by atoms with Crippen LogP contribution in [-0.4, -0.2) is 16.6 Å². The highest BCUT2D eigenvalue weighted by molar-refractivity contribution is 6.31. The van der Waals surface area contributed by atoms with Gasteiger partial charge in [-0.3, -0.25) is 0 Å². The number of hydrogen-bond acceptors (Lipinski definition) is 2. The smallest absolute Gasteiger partial charge is 0.0947 e. The predicted molar refractivity (Wildman–Crippen MR) is 74.9 cm³/mol. The van der Waals surface area contributed by atoms with E-state index in [0.29, 0.717) is 0 Å². The highest BCUT2D eigenvalue weighted by atomic mass is 35.5. The Morgan fingerprint density at radius 2 is 2.22 bits per heavy atom. The van der Waals surface area contributed by atoms with E-state index >= 15 is 0 Å². The van der Waals surface area contributed by atoms with Gasteiger partial charge < -0.3 is 9.88 Å². The van der Waals surface area contributed by atoms with Crippen molar-refractivity contribution in [3.8, 4) is 0 Å². The molecule has 0 aliphatic heterocycles. The van der Waals surface area contributed by atoms with Gasteiger partial charge in [-0.25, -0.2) is 4.98 Å². The van der Waals surface area contributed by atoms with Crippen LogP contribution in [0, 0.1) is 6.92 Å². The van der Waals surface area contributed by atoms with Crippen LogP contribution < -0.4 is 5.32 Å². The minimum absolute atomic E-state index is 0.186. The molecule has 1 atom stereocenters. The quantitative estimate of drug-likeness (QED) is 0.919. The molecule has 2 aromatic rings. The molecule has 0 spiro atoms. The van der Waals surface area contributed by atoms with Gasteiger partial charge in [-0.1, -0.05) is 23.7 Å². The van der Waals surface area contributed by atoms with E-state index < -0.39 is 0 Å². The third-order valence-electron chi connectivity index (χ3n) is 3.06. The first-order valence-corrected chi connectivity index (χ1v) is 6.38. The van der Waals surface area contributed by atoms with E-state index in [1.165, 1.54) is 5.56 Å². The van der Waals surface area contributed by atoms with Crippen LogP contribution in [-0.2, 0) is 13.5 Å². The van der Waals surface area contributed by atoms with Crippen molar-refractivity contribution in [2.45, 2.75) is 19.4 Å². The zero-order valence-electron chi connectivity index (χ0n) is 10.9. The van der Waals surface area contributed by atoms with Gasteiger partial charge in [-0.05, 0) is 37.6 Å². The number of nitrogens with zero attached hydrogens (tertiary/aromatic N) is 2. The minimum Gasteiger partial charge on any atom is -0.340 e. The fourth-order valence-corrected chi connectivity index (χ4v) is 2.32. The van der Waals surface area contributed by atoms with Gasteiger partial charge in [0, 0.05) is 18.3 Å². The highest BCUT2D eigenvalue weighted by Crippen LogP contribution is 2.23. The fourth-order valence-electron chi connectivity index (χ4n) is 2.01. The minimum atomic E-state index is 0.186. The Morgan fingerprint density at radius 1 is 1.44 bits per heavy atom. The van der Waals surface area contributed by atoms with Gasteiger partial charge in [0.25, 0.3) is 0 Å². The molecule has 4 heteroatoms. The maximum absolute atomic E-state index is 6.27. The SMILES string of the molecule is CNC(Cc1ccc(C)cc1Cl)c1cn(C)cn1. The molecule has 2 rings (SSSR count). The summed E-state index contributed by atoms with van der Waals surface area (Å²) in [5, 5.41) is 4.11. The normalized spacial score (nSPS) is 12.7. The molecule has 0 fully saturated rings. The predicted octanol–water partition coefficient (Wildman–Crippen LogP) is 2.89. The number of imidazole rings is 1. The third-order valence-corrected chi connectivity index (χ3v) is 3.41. The Balaban J connectivity index is 2.20. The van der Waals surface area contributed by atoms with E-state index in [1.54, 1.807) is 0 Å². The first-order chi connectivity index (χ1) is 8.60. The summed E-state index contributed by atoms with van der Waals surface area (Å²) in [6.45, 7) is 2.05. The average Bonchev–Trinajstić information content (AvgIpc) is 2.75. The summed E-state index contributed by atoms with van der Waals surface area (Å²) in [6, 6.07) is 6.37. The van der Waals surface area contributed by atoms with Crippen molar-refractivity contribution < 1.29 is 0 Å². The molecule has 1 unspecified atom stereocenters. The van der Waals surface area contributed by atoms with Crippen LogP contribution in [0.2, 0.25) is 5.02 Å². The molecule has 0 amide bonds. The Hall–Kier alpha value is -1.32. The summed E-state index contributed by atoms with van der Waals surface area (Å²) in [5.41, 5.74) is 3.37. The summed E-state index contributed by atoms with van der Waals surface area (Å²) < 4.78 is 1.95. The van der Waals surface area contributed by atoms with Gasteiger partial charge in [-0.15, -0.1) is 0 Å². The maximum atomic E-state index is 6.27. The second-order valence-corrected chi connectivity index (χ2v) is 5.01. The number of aryl methyl sites for hydroxylation is 2. The van der Waals surface area contributed by atoms with Crippen molar-refractivity contribution in [2.24, 2.45) is 7.05 Å². The summed E-state index contributed by atoms with van der Waals surface area (Å²) >= 11 is 6.27. The first kappa shape index (κ1) is 13.1. The van der Waals surface area contributed by atoms with Crippen LogP contribution in [0.4, 0.5) is 0 Å². The summed E-state index contributed by atoms with van der Waals surface area (Å²) in [5.74, 6) is 0. The molecule has 1 aromatic carbocycles. The average molecular weight is 264 g/mol. The lowest BCUT2D eigenvalue weighted by Gasteiger charge is -2.15. The second-order valence-electron chi connectivity index (χ2n) is 4.60. The molecular weight excluding hydrogens is 246 g/mol. The summed E-state index contributed by atoms with van der Waals surface area (Å²) in [4.78, 5) is 4.39.